The van der Waals surface area contributed by atoms with E-state index in [1.807, 2.05) is 0 Å². The van der Waals surface area contributed by atoms with Crippen LogP contribution in [0, 0.1) is 0 Å². The van der Waals surface area contributed by atoms with Crippen LogP contribution in [0.4, 0.5) is 5.69 Å². The lowest BCUT2D eigenvalue weighted by molar-refractivity contribution is -0.131. The maximum Gasteiger partial charge on any atom is 0.335 e. The molecule has 8 heteroatoms. The highest BCUT2D eigenvalue weighted by molar-refractivity contribution is 6.05. The van der Waals surface area contributed by atoms with Gasteiger partial charge < -0.3 is 20.6 Å². The van der Waals surface area contributed by atoms with Crippen LogP contribution in [-0.2, 0) is 9.59 Å². The van der Waals surface area contributed by atoms with Gasteiger partial charge in [0.1, 0.15) is 0 Å². The average molecular weight is 431 g/mol. The predicted octanol–water partition coefficient (Wildman–Crippen LogP) is 4.00. The van der Waals surface area contributed by atoms with E-state index in [0.717, 1.165) is 6.08 Å². The lowest BCUT2D eigenvalue weighted by atomic mass is 9.97. The smallest absolute Gasteiger partial charge is 0.335 e. The highest BCUT2D eigenvalue weighted by Gasteiger charge is 2.12. The fourth-order valence-corrected chi connectivity index (χ4v) is 3.00. The Balaban J connectivity index is 2.03. The monoisotopic (exact) mass is 431 g/mol. The normalized spacial score (nSPS) is 10.6. The number of rotatable bonds is 7. The standard InChI is InChI=1S/C24H17NO7/c26-21(11-12-22(27)28)25-20-13-18(14-1-5-16(6-2-14)23(29)30)9-10-19(20)15-3-7-17(8-4-15)24(31)32/h1-13H,(H,25,26)(H,27,28)(H,29,30)(H,31,32)/b12-11+. The first kappa shape index (κ1) is 22.0. The minimum absolute atomic E-state index is 0.110. The molecule has 0 fully saturated rings. The van der Waals surface area contributed by atoms with Gasteiger partial charge in [-0.15, -0.1) is 0 Å². The van der Waals surface area contributed by atoms with Crippen molar-refractivity contribution in [1.29, 1.82) is 0 Å². The number of carbonyl (C=O) groups excluding carboxylic acids is 1. The van der Waals surface area contributed by atoms with Gasteiger partial charge in [-0.1, -0.05) is 36.4 Å². The van der Waals surface area contributed by atoms with Crippen LogP contribution in [0.1, 0.15) is 20.7 Å². The number of anilines is 1. The number of carbonyl (C=O) groups is 4. The third kappa shape index (κ3) is 5.25. The number of carboxylic acid groups (broad SMARTS) is 3. The molecule has 0 unspecified atom stereocenters. The first-order chi connectivity index (χ1) is 15.2. The fraction of sp³-hybridized carbons (Fsp3) is 0. The average Bonchev–Trinajstić information content (AvgIpc) is 2.78. The first-order valence-corrected chi connectivity index (χ1v) is 9.28. The van der Waals surface area contributed by atoms with E-state index >= 15 is 0 Å². The number of benzene rings is 3. The molecule has 0 spiro atoms. The SMILES string of the molecule is O=C(O)/C=C/C(=O)Nc1cc(-c2ccc(C(=O)O)cc2)ccc1-c1ccc(C(=O)O)cc1. The van der Waals surface area contributed by atoms with Crippen molar-refractivity contribution in [3.05, 3.63) is 90.0 Å². The zero-order valence-corrected chi connectivity index (χ0v) is 16.5. The molecule has 1 amide bonds. The second kappa shape index (κ2) is 9.40. The van der Waals surface area contributed by atoms with E-state index in [2.05, 4.69) is 5.32 Å². The molecule has 32 heavy (non-hydrogen) atoms. The zero-order chi connectivity index (χ0) is 23.3. The predicted molar refractivity (Wildman–Crippen MR) is 117 cm³/mol. The van der Waals surface area contributed by atoms with Crippen LogP contribution in [0.5, 0.6) is 0 Å². The summed E-state index contributed by atoms with van der Waals surface area (Å²) in [6.07, 6.45) is 1.60. The molecule has 3 rings (SSSR count). The van der Waals surface area contributed by atoms with Crippen molar-refractivity contribution < 1.29 is 34.5 Å². The Kier molecular flexibility index (Phi) is 6.45. The number of amides is 1. The Morgan fingerprint density at radius 1 is 0.625 bits per heavy atom. The number of carboxylic acids is 3. The van der Waals surface area contributed by atoms with Crippen LogP contribution in [0.2, 0.25) is 0 Å². The first-order valence-electron chi connectivity index (χ1n) is 9.28. The number of hydrogen-bond acceptors (Lipinski definition) is 4. The molecule has 0 saturated carbocycles. The van der Waals surface area contributed by atoms with Gasteiger partial charge in [0.05, 0.1) is 11.1 Å². The van der Waals surface area contributed by atoms with Crippen molar-refractivity contribution in [2.75, 3.05) is 5.32 Å². The summed E-state index contributed by atoms with van der Waals surface area (Å²) in [6, 6.07) is 17.4. The maximum atomic E-state index is 12.2. The zero-order valence-electron chi connectivity index (χ0n) is 16.5. The van der Waals surface area contributed by atoms with Crippen LogP contribution in [-0.4, -0.2) is 39.1 Å². The molecule has 0 radical (unpaired) electrons. The van der Waals surface area contributed by atoms with Crippen molar-refractivity contribution in [3.8, 4) is 22.3 Å². The van der Waals surface area contributed by atoms with Crippen molar-refractivity contribution in [2.45, 2.75) is 0 Å². The van der Waals surface area contributed by atoms with Crippen molar-refractivity contribution in [3.63, 3.8) is 0 Å². The van der Waals surface area contributed by atoms with E-state index in [9.17, 15) is 19.2 Å². The van der Waals surface area contributed by atoms with Gasteiger partial charge in [0.2, 0.25) is 5.91 Å². The molecule has 0 bridgehead atoms. The summed E-state index contributed by atoms with van der Waals surface area (Å²) in [5, 5.41) is 29.5. The van der Waals surface area contributed by atoms with E-state index in [1.54, 1.807) is 42.5 Å². The Bertz CT molecular complexity index is 1230. The molecule has 4 N–H and O–H groups in total. The summed E-state index contributed by atoms with van der Waals surface area (Å²) < 4.78 is 0. The summed E-state index contributed by atoms with van der Waals surface area (Å²) in [5.41, 5.74) is 3.23. The summed E-state index contributed by atoms with van der Waals surface area (Å²) >= 11 is 0. The third-order valence-corrected chi connectivity index (χ3v) is 4.56. The van der Waals surface area contributed by atoms with Gasteiger partial charge in [0.15, 0.2) is 0 Å². The van der Waals surface area contributed by atoms with Crippen LogP contribution in [0.15, 0.2) is 78.9 Å². The number of aromatic carboxylic acids is 2. The second-order valence-electron chi connectivity index (χ2n) is 6.69. The highest BCUT2D eigenvalue weighted by atomic mass is 16.4. The van der Waals surface area contributed by atoms with Gasteiger partial charge in [-0.05, 0) is 47.0 Å². The van der Waals surface area contributed by atoms with E-state index in [1.165, 1.54) is 24.3 Å². The van der Waals surface area contributed by atoms with E-state index < -0.39 is 23.8 Å². The quantitative estimate of drug-likeness (QED) is 0.414. The second-order valence-corrected chi connectivity index (χ2v) is 6.69. The molecule has 0 aliphatic rings. The Labute approximate surface area is 182 Å². The van der Waals surface area contributed by atoms with Crippen LogP contribution in [0.3, 0.4) is 0 Å². The molecular weight excluding hydrogens is 414 g/mol. The van der Waals surface area contributed by atoms with Gasteiger partial charge in [-0.2, -0.15) is 0 Å². The lowest BCUT2D eigenvalue weighted by Crippen LogP contribution is -2.10. The fourth-order valence-electron chi connectivity index (χ4n) is 3.00. The van der Waals surface area contributed by atoms with Crippen LogP contribution >= 0.6 is 0 Å². The van der Waals surface area contributed by atoms with Gasteiger partial charge in [0.25, 0.3) is 0 Å². The topological polar surface area (TPSA) is 141 Å². The molecule has 0 aliphatic heterocycles. The number of nitrogens with one attached hydrogen (secondary N) is 1. The minimum atomic E-state index is -1.27. The van der Waals surface area contributed by atoms with Crippen molar-refractivity contribution >= 4 is 29.5 Å². The molecule has 0 saturated heterocycles. The molecule has 3 aromatic rings. The van der Waals surface area contributed by atoms with Crippen LogP contribution in [0.25, 0.3) is 22.3 Å². The van der Waals surface area contributed by atoms with Gasteiger partial charge in [0, 0.05) is 23.4 Å². The Hall–Kier alpha value is -4.72. The summed E-state index contributed by atoms with van der Waals surface area (Å²) in [6.45, 7) is 0. The van der Waals surface area contributed by atoms with Gasteiger partial charge >= 0.3 is 17.9 Å². The van der Waals surface area contributed by atoms with Crippen molar-refractivity contribution in [2.24, 2.45) is 0 Å². The highest BCUT2D eigenvalue weighted by Crippen LogP contribution is 2.33. The van der Waals surface area contributed by atoms with Crippen LogP contribution < -0.4 is 5.32 Å². The summed E-state index contributed by atoms with van der Waals surface area (Å²) in [4.78, 5) is 45.1. The Morgan fingerprint density at radius 2 is 1.12 bits per heavy atom. The Morgan fingerprint density at radius 3 is 1.62 bits per heavy atom. The molecule has 160 valence electrons. The molecule has 0 heterocycles. The molecule has 0 aromatic heterocycles. The molecule has 3 aromatic carbocycles. The largest absolute Gasteiger partial charge is 0.478 e. The summed E-state index contributed by atoms with van der Waals surface area (Å²) in [7, 11) is 0. The maximum absolute atomic E-state index is 12.2. The lowest BCUT2D eigenvalue weighted by Gasteiger charge is -2.13. The third-order valence-electron chi connectivity index (χ3n) is 4.56. The van der Waals surface area contributed by atoms with Gasteiger partial charge in [-0.25, -0.2) is 14.4 Å². The van der Waals surface area contributed by atoms with Gasteiger partial charge in [-0.3, -0.25) is 4.79 Å². The van der Waals surface area contributed by atoms with Crippen molar-refractivity contribution in [1.82, 2.24) is 0 Å². The molecule has 0 atom stereocenters. The number of hydrogen-bond donors (Lipinski definition) is 4. The molecule has 0 aliphatic carbocycles. The van der Waals surface area contributed by atoms with E-state index in [4.69, 9.17) is 15.3 Å². The molecule has 8 nitrogen and oxygen atoms in total. The van der Waals surface area contributed by atoms with E-state index in [0.29, 0.717) is 34.0 Å². The number of aliphatic carboxylic acids is 1. The minimum Gasteiger partial charge on any atom is -0.478 e. The molecular formula is C24H17NO7. The van der Waals surface area contributed by atoms with E-state index in [-0.39, 0.29) is 11.1 Å². The summed E-state index contributed by atoms with van der Waals surface area (Å²) in [5.74, 6) is -4.04.